The molecule has 2 N–H and O–H groups in total. The lowest BCUT2D eigenvalue weighted by molar-refractivity contribution is -0.143. The highest BCUT2D eigenvalue weighted by Gasteiger charge is 2.43. The zero-order chi connectivity index (χ0) is 24.1. The Balaban J connectivity index is 1.14. The van der Waals surface area contributed by atoms with Gasteiger partial charge in [0.2, 0.25) is 5.91 Å². The average molecular weight is 484 g/mol. The molecule has 2 aliphatic rings. The second-order valence-corrected chi connectivity index (χ2v) is 9.71. The number of hydrogen-bond acceptors (Lipinski definition) is 4. The molecule has 7 heteroatoms. The smallest absolute Gasteiger partial charge is 0.306 e. The third-order valence-corrected chi connectivity index (χ3v) is 7.06. The van der Waals surface area contributed by atoms with Crippen LogP contribution in [0.15, 0.2) is 48.5 Å². The molecule has 2 aliphatic carbocycles. The molecular formula is C27H30ClNO5. The Morgan fingerprint density at radius 1 is 0.971 bits per heavy atom. The number of ketones is 1. The first-order valence-electron chi connectivity index (χ1n) is 12.0. The van der Waals surface area contributed by atoms with Crippen molar-refractivity contribution < 1.29 is 24.2 Å². The molecule has 34 heavy (non-hydrogen) atoms. The highest BCUT2D eigenvalue weighted by Crippen LogP contribution is 2.47. The number of halogens is 1. The maximum absolute atomic E-state index is 12.5. The van der Waals surface area contributed by atoms with Gasteiger partial charge in [0, 0.05) is 29.5 Å². The summed E-state index contributed by atoms with van der Waals surface area (Å²) in [5, 5.41) is 12.7. The van der Waals surface area contributed by atoms with Crippen molar-refractivity contribution in [3.05, 3.63) is 64.7 Å². The van der Waals surface area contributed by atoms with Crippen LogP contribution in [-0.2, 0) is 9.59 Å². The minimum atomic E-state index is -0.726. The summed E-state index contributed by atoms with van der Waals surface area (Å²) in [6.45, 7) is 0.481. The third kappa shape index (κ3) is 6.38. The van der Waals surface area contributed by atoms with Crippen molar-refractivity contribution in [2.45, 2.75) is 57.0 Å². The minimum Gasteiger partial charge on any atom is -0.490 e. The van der Waals surface area contributed by atoms with Gasteiger partial charge in [-0.3, -0.25) is 14.4 Å². The van der Waals surface area contributed by atoms with Crippen molar-refractivity contribution in [3.8, 4) is 5.75 Å². The van der Waals surface area contributed by atoms with E-state index in [0.29, 0.717) is 48.6 Å². The van der Waals surface area contributed by atoms with E-state index >= 15 is 0 Å². The van der Waals surface area contributed by atoms with Crippen molar-refractivity contribution in [3.63, 3.8) is 0 Å². The van der Waals surface area contributed by atoms with Crippen molar-refractivity contribution in [1.82, 2.24) is 5.32 Å². The van der Waals surface area contributed by atoms with Crippen molar-refractivity contribution in [2.24, 2.45) is 11.8 Å². The first-order valence-corrected chi connectivity index (χ1v) is 12.3. The summed E-state index contributed by atoms with van der Waals surface area (Å²) in [4.78, 5) is 35.9. The SMILES string of the molecule is O=C(CCCNC(=O)[C@@H]1C[C@H]1c1ccc(Cl)cc1)c1ccc(OC2CCC(C(=O)O)CC2)cc1. The van der Waals surface area contributed by atoms with Crippen LogP contribution >= 0.6 is 11.6 Å². The largest absolute Gasteiger partial charge is 0.490 e. The number of nitrogens with one attached hydrogen (secondary N) is 1. The molecule has 0 spiro atoms. The first-order chi connectivity index (χ1) is 16.4. The van der Waals surface area contributed by atoms with E-state index in [1.54, 1.807) is 24.3 Å². The Kier molecular flexibility index (Phi) is 7.88. The summed E-state index contributed by atoms with van der Waals surface area (Å²) in [5.74, 6) is 0.0478. The molecular weight excluding hydrogens is 454 g/mol. The van der Waals surface area contributed by atoms with Gasteiger partial charge in [-0.15, -0.1) is 0 Å². The lowest BCUT2D eigenvalue weighted by atomic mass is 9.87. The van der Waals surface area contributed by atoms with Crippen LogP contribution in [-0.4, -0.2) is 35.4 Å². The predicted molar refractivity (Wildman–Crippen MR) is 129 cm³/mol. The summed E-state index contributed by atoms with van der Waals surface area (Å²) in [6.07, 6.45) is 4.55. The van der Waals surface area contributed by atoms with Gasteiger partial charge in [0.05, 0.1) is 12.0 Å². The highest BCUT2D eigenvalue weighted by atomic mass is 35.5. The van der Waals surface area contributed by atoms with Crippen LogP contribution in [0.1, 0.15) is 66.8 Å². The number of amides is 1. The highest BCUT2D eigenvalue weighted by molar-refractivity contribution is 6.30. The first kappa shape index (κ1) is 24.3. The van der Waals surface area contributed by atoms with Crippen LogP contribution in [0.25, 0.3) is 0 Å². The van der Waals surface area contributed by atoms with Crippen molar-refractivity contribution >= 4 is 29.3 Å². The zero-order valence-corrected chi connectivity index (χ0v) is 19.8. The number of rotatable bonds is 10. The zero-order valence-electron chi connectivity index (χ0n) is 19.0. The number of benzene rings is 2. The molecule has 2 atom stereocenters. The van der Waals surface area contributed by atoms with Gasteiger partial charge in [-0.1, -0.05) is 23.7 Å². The molecule has 0 bridgehead atoms. The molecule has 1 amide bonds. The quantitative estimate of drug-likeness (QED) is 0.356. The van der Waals surface area contributed by atoms with E-state index in [0.717, 1.165) is 24.8 Å². The lowest BCUT2D eigenvalue weighted by Crippen LogP contribution is -2.27. The Labute approximate surface area is 204 Å². The molecule has 6 nitrogen and oxygen atoms in total. The number of carbonyl (C=O) groups is 3. The fourth-order valence-electron chi connectivity index (χ4n) is 4.64. The molecule has 0 unspecified atom stereocenters. The van der Waals surface area contributed by atoms with Crippen LogP contribution in [0.4, 0.5) is 0 Å². The Hall–Kier alpha value is -2.86. The molecule has 0 saturated heterocycles. The van der Waals surface area contributed by atoms with Gasteiger partial charge in [-0.05, 0) is 86.4 Å². The normalized spacial score (nSPS) is 23.7. The molecule has 0 aromatic heterocycles. The maximum atomic E-state index is 12.5. The third-order valence-electron chi connectivity index (χ3n) is 6.81. The summed E-state index contributed by atoms with van der Waals surface area (Å²) in [7, 11) is 0. The second-order valence-electron chi connectivity index (χ2n) is 9.27. The summed E-state index contributed by atoms with van der Waals surface area (Å²) >= 11 is 5.92. The lowest BCUT2D eigenvalue weighted by Gasteiger charge is -2.26. The molecule has 2 fully saturated rings. The molecule has 2 aromatic carbocycles. The standard InChI is InChI=1S/C27H30ClNO5/c28-20-9-3-17(4-10-20)23-16-24(23)26(31)29-15-1-2-25(30)18-5-11-21(12-6-18)34-22-13-7-19(8-14-22)27(32)33/h3-6,9-12,19,22-24H,1-2,7-8,13-16H2,(H,29,31)(H,32,33)/t19?,22?,23-,24+/m0/s1. The molecule has 2 aromatic rings. The van der Waals surface area contributed by atoms with E-state index in [1.165, 1.54) is 0 Å². The topological polar surface area (TPSA) is 92.7 Å². The van der Waals surface area contributed by atoms with Crippen LogP contribution in [0.2, 0.25) is 5.02 Å². The van der Waals surface area contributed by atoms with Gasteiger partial charge in [0.15, 0.2) is 5.78 Å². The van der Waals surface area contributed by atoms with Crippen LogP contribution in [0, 0.1) is 11.8 Å². The molecule has 0 radical (unpaired) electrons. The molecule has 0 aliphatic heterocycles. The second kappa shape index (κ2) is 11.0. The van der Waals surface area contributed by atoms with Gasteiger partial charge < -0.3 is 15.2 Å². The van der Waals surface area contributed by atoms with Gasteiger partial charge >= 0.3 is 5.97 Å². The fraction of sp³-hybridized carbons (Fsp3) is 0.444. The Bertz CT molecular complexity index is 1010. The van der Waals surface area contributed by atoms with E-state index in [2.05, 4.69) is 5.32 Å². The molecule has 2 saturated carbocycles. The number of carboxylic acid groups (broad SMARTS) is 1. The average Bonchev–Trinajstić information content (AvgIpc) is 3.64. The van der Waals surface area contributed by atoms with E-state index in [1.807, 2.05) is 24.3 Å². The van der Waals surface area contributed by atoms with Crippen LogP contribution < -0.4 is 10.1 Å². The van der Waals surface area contributed by atoms with E-state index < -0.39 is 5.97 Å². The number of Topliss-reactive ketones (excluding diaryl/α,β-unsaturated/α-hetero) is 1. The Morgan fingerprint density at radius 3 is 2.29 bits per heavy atom. The van der Waals surface area contributed by atoms with Crippen LogP contribution in [0.3, 0.4) is 0 Å². The fourth-order valence-corrected chi connectivity index (χ4v) is 4.76. The van der Waals surface area contributed by atoms with Gasteiger partial charge in [0.1, 0.15) is 5.75 Å². The van der Waals surface area contributed by atoms with E-state index in [4.69, 9.17) is 21.4 Å². The van der Waals surface area contributed by atoms with Gasteiger partial charge in [-0.2, -0.15) is 0 Å². The number of hydrogen-bond donors (Lipinski definition) is 2. The molecule has 4 rings (SSSR count). The molecule has 0 heterocycles. The summed E-state index contributed by atoms with van der Waals surface area (Å²) in [6, 6.07) is 14.8. The predicted octanol–water partition coefficient (Wildman–Crippen LogP) is 5.25. The number of carbonyl (C=O) groups excluding carboxylic acids is 2. The van der Waals surface area contributed by atoms with Crippen LogP contribution in [0.5, 0.6) is 5.75 Å². The Morgan fingerprint density at radius 2 is 1.65 bits per heavy atom. The number of ether oxygens (including phenoxy) is 1. The minimum absolute atomic E-state index is 0.00333. The van der Waals surface area contributed by atoms with Gasteiger partial charge in [-0.25, -0.2) is 0 Å². The monoisotopic (exact) mass is 483 g/mol. The van der Waals surface area contributed by atoms with Crippen molar-refractivity contribution in [2.75, 3.05) is 6.54 Å². The van der Waals surface area contributed by atoms with E-state index in [-0.39, 0.29) is 35.5 Å². The van der Waals surface area contributed by atoms with Gasteiger partial charge in [0.25, 0.3) is 0 Å². The van der Waals surface area contributed by atoms with E-state index in [9.17, 15) is 14.4 Å². The van der Waals surface area contributed by atoms with Crippen molar-refractivity contribution in [1.29, 1.82) is 0 Å². The molecule has 180 valence electrons. The number of aliphatic carboxylic acids is 1. The summed E-state index contributed by atoms with van der Waals surface area (Å²) < 4.78 is 5.96. The maximum Gasteiger partial charge on any atom is 0.306 e. The number of carboxylic acids is 1. The summed E-state index contributed by atoms with van der Waals surface area (Å²) in [5.41, 5.74) is 1.76.